The summed E-state index contributed by atoms with van der Waals surface area (Å²) in [4.78, 5) is 12.0. The van der Waals surface area contributed by atoms with Gasteiger partial charge in [-0.3, -0.25) is 4.79 Å². The predicted octanol–water partition coefficient (Wildman–Crippen LogP) is 8.61. The summed E-state index contributed by atoms with van der Waals surface area (Å²) in [5.41, 5.74) is 1.35. The summed E-state index contributed by atoms with van der Waals surface area (Å²) in [5, 5.41) is -0.477. The van der Waals surface area contributed by atoms with Crippen LogP contribution in [0.5, 0.6) is 0 Å². The maximum absolute atomic E-state index is 11.0. The van der Waals surface area contributed by atoms with Crippen molar-refractivity contribution in [3.63, 3.8) is 0 Å². The van der Waals surface area contributed by atoms with E-state index in [0.29, 0.717) is 29.5 Å². The molecule has 0 N–H and O–H groups in total. The maximum Gasteiger partial charge on any atom is 0.154 e. The lowest BCUT2D eigenvalue weighted by molar-refractivity contribution is -0.124. The molecule has 0 spiro atoms. The summed E-state index contributed by atoms with van der Waals surface area (Å²) >= 11 is 5.10. The van der Waals surface area contributed by atoms with Crippen molar-refractivity contribution >= 4 is 32.7 Å². The summed E-state index contributed by atoms with van der Waals surface area (Å²) in [6, 6.07) is 0. The van der Waals surface area contributed by atoms with Crippen molar-refractivity contribution in [1.82, 2.24) is 0 Å². The van der Waals surface area contributed by atoms with Gasteiger partial charge in [0.1, 0.15) is 5.78 Å². The van der Waals surface area contributed by atoms with Gasteiger partial charge in [0.2, 0.25) is 0 Å². The SMILES string of the molecule is C=C(C(C)C)C(C)C.CC(C)C(=O)C(C)C.CC(C)C(=S)C(C)C.CC(C)S(=O)(=O)C(C)C. The van der Waals surface area contributed by atoms with Gasteiger partial charge in [-0.25, -0.2) is 8.42 Å². The first-order valence-corrected chi connectivity index (χ1v) is 14.6. The molecule has 0 aliphatic carbocycles. The molecule has 0 heterocycles. The molecule has 200 valence electrons. The van der Waals surface area contributed by atoms with E-state index in [1.807, 2.05) is 27.7 Å². The van der Waals surface area contributed by atoms with E-state index >= 15 is 0 Å². The molecule has 0 unspecified atom stereocenters. The Balaban J connectivity index is -0.000000170. The van der Waals surface area contributed by atoms with Gasteiger partial charge >= 0.3 is 0 Å². The molecule has 0 saturated carbocycles. The zero-order valence-corrected chi connectivity index (χ0v) is 26.5. The third-order valence-corrected chi connectivity index (χ3v) is 8.64. The number of Topliss-reactive ketones (excluding diaryl/α,β-unsaturated/α-hetero) is 1. The lowest BCUT2D eigenvalue weighted by atomic mass is 9.95. The van der Waals surface area contributed by atoms with Crippen LogP contribution in [0.15, 0.2) is 12.2 Å². The largest absolute Gasteiger partial charge is 0.299 e. The van der Waals surface area contributed by atoms with Gasteiger partial charge in [0.15, 0.2) is 9.84 Å². The normalized spacial score (nSPS) is 11.4. The number of rotatable bonds is 8. The molecule has 0 aliphatic heterocycles. The van der Waals surface area contributed by atoms with E-state index < -0.39 is 9.84 Å². The smallest absolute Gasteiger partial charge is 0.154 e. The Hall–Kier alpha value is -0.550. The Kier molecular flexibility index (Phi) is 23.7. The van der Waals surface area contributed by atoms with E-state index in [4.69, 9.17) is 12.2 Å². The number of allylic oxidation sites excluding steroid dienone is 1. The molecular weight excluding hydrogens is 448 g/mol. The summed E-state index contributed by atoms with van der Waals surface area (Å²) in [7, 11) is -2.81. The van der Waals surface area contributed by atoms with E-state index in [-0.39, 0.29) is 22.3 Å². The highest BCUT2D eigenvalue weighted by Gasteiger charge is 2.19. The minimum absolute atomic E-state index is 0.204. The molecule has 0 aromatic rings. The molecule has 0 rings (SSSR count). The lowest BCUT2D eigenvalue weighted by Crippen LogP contribution is -2.23. The molecule has 0 saturated heterocycles. The van der Waals surface area contributed by atoms with E-state index in [2.05, 4.69) is 62.0 Å². The first kappa shape index (κ1) is 39.7. The molecule has 0 fully saturated rings. The van der Waals surface area contributed by atoms with Crippen LogP contribution >= 0.6 is 12.2 Å². The molecule has 0 aliphatic rings. The molecule has 33 heavy (non-hydrogen) atoms. The van der Waals surface area contributed by atoms with Crippen molar-refractivity contribution in [2.45, 2.75) is 121 Å². The molecule has 0 bridgehead atoms. The van der Waals surface area contributed by atoms with Gasteiger partial charge in [-0.1, -0.05) is 107 Å². The maximum atomic E-state index is 11.0. The van der Waals surface area contributed by atoms with E-state index in [0.717, 1.165) is 0 Å². The van der Waals surface area contributed by atoms with Crippen LogP contribution in [0.4, 0.5) is 0 Å². The molecule has 3 nitrogen and oxygen atoms in total. The average molecular weight is 507 g/mol. The molecule has 0 atom stereocenters. The molecule has 0 aromatic heterocycles. The van der Waals surface area contributed by atoms with Gasteiger partial charge in [0, 0.05) is 11.8 Å². The van der Waals surface area contributed by atoms with Gasteiger partial charge in [-0.15, -0.1) is 0 Å². The number of sulfone groups is 1. The quantitative estimate of drug-likeness (QED) is 0.244. The fraction of sp³-hybridized carbons (Fsp3) is 0.857. The van der Waals surface area contributed by atoms with Gasteiger partial charge in [-0.05, 0) is 56.2 Å². The molecule has 0 aromatic carbocycles. The first-order chi connectivity index (χ1) is 14.5. The third kappa shape index (κ3) is 21.7. The third-order valence-electron chi connectivity index (χ3n) is 5.07. The number of hydrogen-bond donors (Lipinski definition) is 0. The number of thiocarbonyl (C=S) groups is 1. The highest BCUT2D eigenvalue weighted by molar-refractivity contribution is 7.92. The van der Waals surface area contributed by atoms with Crippen LogP contribution in [0.3, 0.4) is 0 Å². The van der Waals surface area contributed by atoms with Crippen molar-refractivity contribution in [1.29, 1.82) is 0 Å². The zero-order chi connectivity index (χ0) is 27.9. The fourth-order valence-corrected chi connectivity index (χ4v) is 3.63. The lowest BCUT2D eigenvalue weighted by Gasteiger charge is -2.11. The average Bonchev–Trinajstić information content (AvgIpc) is 2.66. The molecular formula is C28H58O3S2. The van der Waals surface area contributed by atoms with Crippen LogP contribution in [0, 0.1) is 35.5 Å². The van der Waals surface area contributed by atoms with Gasteiger partial charge < -0.3 is 0 Å². The minimum Gasteiger partial charge on any atom is -0.299 e. The summed E-state index contributed by atoms with van der Waals surface area (Å²) < 4.78 is 22.1. The van der Waals surface area contributed by atoms with Crippen LogP contribution < -0.4 is 0 Å². The Labute approximate surface area is 214 Å². The number of carbonyl (C=O) groups excluding carboxylic acids is 1. The zero-order valence-electron chi connectivity index (χ0n) is 24.9. The second-order valence-corrected chi connectivity index (χ2v) is 14.5. The summed E-state index contributed by atoms with van der Waals surface area (Å²) in [6.07, 6.45) is 0. The summed E-state index contributed by atoms with van der Waals surface area (Å²) in [5.74, 6) is 3.20. The Morgan fingerprint density at radius 1 is 0.545 bits per heavy atom. The van der Waals surface area contributed by atoms with Gasteiger partial charge in [0.25, 0.3) is 0 Å². The Morgan fingerprint density at radius 2 is 0.788 bits per heavy atom. The summed E-state index contributed by atoms with van der Waals surface area (Å²) in [6.45, 7) is 35.8. The van der Waals surface area contributed by atoms with Crippen molar-refractivity contribution in [3.8, 4) is 0 Å². The standard InChI is InChI=1S/C8H16.C7H14O.C7H14S.C6H14O2S/c1-6(2)8(5)7(3)4;2*1-5(2)7(8)6(3)4;1-5(2)9(7,8)6(3)4/h6-7H,5H2,1-4H3;2*5-6H,1-4H3;5-6H,1-4H3. The van der Waals surface area contributed by atoms with Crippen LogP contribution in [0.25, 0.3) is 0 Å². The minimum atomic E-state index is -2.81. The monoisotopic (exact) mass is 506 g/mol. The second-order valence-electron chi connectivity index (χ2n) is 11.0. The van der Waals surface area contributed by atoms with Crippen LogP contribution in [0.2, 0.25) is 0 Å². The number of hydrogen-bond acceptors (Lipinski definition) is 4. The highest BCUT2D eigenvalue weighted by atomic mass is 32.2. The highest BCUT2D eigenvalue weighted by Crippen LogP contribution is 2.15. The molecule has 0 radical (unpaired) electrons. The van der Waals surface area contributed by atoms with Crippen molar-refractivity contribution in [2.75, 3.05) is 0 Å². The molecule has 5 heteroatoms. The van der Waals surface area contributed by atoms with Crippen LogP contribution in [0.1, 0.15) is 111 Å². The predicted molar refractivity (Wildman–Crippen MR) is 155 cm³/mol. The number of ketones is 1. The van der Waals surface area contributed by atoms with Crippen LogP contribution in [-0.2, 0) is 14.6 Å². The Bertz CT molecular complexity index is 535. The van der Waals surface area contributed by atoms with Gasteiger partial charge in [-0.2, -0.15) is 0 Å². The van der Waals surface area contributed by atoms with E-state index in [9.17, 15) is 13.2 Å². The molecule has 0 amide bonds. The van der Waals surface area contributed by atoms with Gasteiger partial charge in [0.05, 0.1) is 10.5 Å². The van der Waals surface area contributed by atoms with Crippen molar-refractivity contribution in [2.24, 2.45) is 35.5 Å². The first-order valence-electron chi connectivity index (χ1n) is 12.5. The van der Waals surface area contributed by atoms with E-state index in [1.54, 1.807) is 27.7 Å². The van der Waals surface area contributed by atoms with Crippen molar-refractivity contribution < 1.29 is 13.2 Å². The Morgan fingerprint density at radius 3 is 0.788 bits per heavy atom. The van der Waals surface area contributed by atoms with E-state index in [1.165, 1.54) is 10.4 Å². The number of carbonyl (C=O) groups is 1. The fourth-order valence-electron chi connectivity index (χ4n) is 2.54. The van der Waals surface area contributed by atoms with Crippen LogP contribution in [-0.4, -0.2) is 29.6 Å². The van der Waals surface area contributed by atoms with Crippen molar-refractivity contribution in [3.05, 3.63) is 12.2 Å². The topological polar surface area (TPSA) is 51.2 Å². The second kappa shape index (κ2) is 19.7.